The SMILES string of the molecule is C[C@H](Cl)[C@@H](NC(=O)[C@@H]1CC[C@H](CCCCl)CCN1)[C@H]1O[C@H](C)[C@H](O)[C@@H](O)[C@H]1O. The molecular weight excluding hydrogens is 407 g/mol. The van der Waals surface area contributed by atoms with Crippen LogP contribution in [0.4, 0.5) is 0 Å². The Bertz CT molecular complexity index is 499. The van der Waals surface area contributed by atoms with E-state index in [0.717, 1.165) is 32.2 Å². The van der Waals surface area contributed by atoms with Crippen molar-refractivity contribution in [2.75, 3.05) is 12.4 Å². The summed E-state index contributed by atoms with van der Waals surface area (Å²) in [6.07, 6.45) is -0.754. The molecule has 7 nitrogen and oxygen atoms in total. The summed E-state index contributed by atoms with van der Waals surface area (Å²) in [5.74, 6) is 1.03. The molecule has 2 heterocycles. The number of aliphatic hydroxyl groups is 3. The third-order valence-corrected chi connectivity index (χ3v) is 6.46. The molecule has 0 unspecified atom stereocenters. The highest BCUT2D eigenvalue weighted by Gasteiger charge is 2.46. The molecule has 2 rings (SSSR count). The molecule has 2 saturated heterocycles. The highest BCUT2D eigenvalue weighted by molar-refractivity contribution is 6.21. The van der Waals surface area contributed by atoms with Crippen molar-refractivity contribution in [2.45, 2.75) is 93.9 Å². The van der Waals surface area contributed by atoms with Crippen LogP contribution in [0, 0.1) is 5.92 Å². The second-order valence-corrected chi connectivity index (χ2v) is 9.13. The van der Waals surface area contributed by atoms with E-state index in [-0.39, 0.29) is 11.9 Å². The van der Waals surface area contributed by atoms with E-state index in [1.165, 1.54) is 0 Å². The largest absolute Gasteiger partial charge is 0.388 e. The minimum absolute atomic E-state index is 0.195. The molecule has 0 aliphatic carbocycles. The van der Waals surface area contributed by atoms with Gasteiger partial charge in [0.25, 0.3) is 0 Å². The molecule has 0 aromatic rings. The van der Waals surface area contributed by atoms with Crippen LogP contribution < -0.4 is 10.6 Å². The van der Waals surface area contributed by atoms with Crippen LogP contribution >= 0.6 is 23.2 Å². The predicted molar refractivity (Wildman–Crippen MR) is 109 cm³/mol. The van der Waals surface area contributed by atoms with Crippen molar-refractivity contribution in [3.8, 4) is 0 Å². The summed E-state index contributed by atoms with van der Waals surface area (Å²) in [7, 11) is 0. The third-order valence-electron chi connectivity index (χ3n) is 5.92. The highest BCUT2D eigenvalue weighted by Crippen LogP contribution is 2.26. The number of carbonyl (C=O) groups is 1. The molecule has 2 aliphatic heterocycles. The second-order valence-electron chi connectivity index (χ2n) is 8.06. The topological polar surface area (TPSA) is 111 Å². The first kappa shape index (κ1) is 24.1. The van der Waals surface area contributed by atoms with Crippen molar-refractivity contribution in [3.05, 3.63) is 0 Å². The number of amides is 1. The molecule has 0 aromatic carbocycles. The Kier molecular flexibility index (Phi) is 9.73. The van der Waals surface area contributed by atoms with Gasteiger partial charge in [0.1, 0.15) is 24.4 Å². The molecule has 28 heavy (non-hydrogen) atoms. The highest BCUT2D eigenvalue weighted by atomic mass is 35.5. The van der Waals surface area contributed by atoms with Crippen LogP contribution in [0.15, 0.2) is 0 Å². The zero-order valence-electron chi connectivity index (χ0n) is 16.6. The molecule has 0 saturated carbocycles. The molecule has 0 bridgehead atoms. The number of ether oxygens (including phenoxy) is 1. The Labute approximate surface area is 177 Å². The van der Waals surface area contributed by atoms with Gasteiger partial charge in [0.15, 0.2) is 0 Å². The first-order chi connectivity index (χ1) is 13.3. The zero-order chi connectivity index (χ0) is 20.8. The number of alkyl halides is 2. The Hall–Kier alpha value is -0.150. The van der Waals surface area contributed by atoms with E-state index in [1.807, 2.05) is 0 Å². The third kappa shape index (κ3) is 6.17. The summed E-state index contributed by atoms with van der Waals surface area (Å²) in [5, 5.41) is 36.0. The fraction of sp³-hybridized carbons (Fsp3) is 0.947. The number of hydrogen-bond donors (Lipinski definition) is 5. The van der Waals surface area contributed by atoms with Crippen LogP contribution in [-0.2, 0) is 9.53 Å². The molecule has 0 radical (unpaired) electrons. The fourth-order valence-electron chi connectivity index (χ4n) is 4.09. The lowest BCUT2D eigenvalue weighted by atomic mass is 9.90. The van der Waals surface area contributed by atoms with Gasteiger partial charge in [-0.15, -0.1) is 23.2 Å². The Balaban J connectivity index is 1.99. The Morgan fingerprint density at radius 3 is 2.57 bits per heavy atom. The molecule has 5 N–H and O–H groups in total. The van der Waals surface area contributed by atoms with E-state index in [9.17, 15) is 20.1 Å². The van der Waals surface area contributed by atoms with Crippen LogP contribution in [0.2, 0.25) is 0 Å². The summed E-state index contributed by atoms with van der Waals surface area (Å²) in [4.78, 5) is 12.9. The average Bonchev–Trinajstić information content (AvgIpc) is 2.91. The first-order valence-corrected chi connectivity index (χ1v) is 11.2. The van der Waals surface area contributed by atoms with Gasteiger partial charge in [-0.25, -0.2) is 0 Å². The summed E-state index contributed by atoms with van der Waals surface area (Å²) in [6, 6.07) is -1.04. The van der Waals surface area contributed by atoms with Gasteiger partial charge in [-0.05, 0) is 58.4 Å². The Morgan fingerprint density at radius 1 is 1.21 bits per heavy atom. The van der Waals surface area contributed by atoms with Crippen molar-refractivity contribution in [1.29, 1.82) is 0 Å². The van der Waals surface area contributed by atoms with E-state index >= 15 is 0 Å². The number of carbonyl (C=O) groups excluding carboxylic acids is 1. The van der Waals surface area contributed by atoms with Crippen molar-refractivity contribution in [1.82, 2.24) is 10.6 Å². The van der Waals surface area contributed by atoms with E-state index in [2.05, 4.69) is 10.6 Å². The normalized spacial score (nSPS) is 39.0. The van der Waals surface area contributed by atoms with Gasteiger partial charge in [-0.2, -0.15) is 0 Å². The fourth-order valence-corrected chi connectivity index (χ4v) is 4.45. The number of hydrogen-bond acceptors (Lipinski definition) is 6. The van der Waals surface area contributed by atoms with E-state index in [4.69, 9.17) is 27.9 Å². The van der Waals surface area contributed by atoms with Crippen LogP contribution in [0.25, 0.3) is 0 Å². The molecular formula is C19H34Cl2N2O5. The number of halogens is 2. The van der Waals surface area contributed by atoms with Crippen molar-refractivity contribution in [2.24, 2.45) is 5.92 Å². The first-order valence-electron chi connectivity index (χ1n) is 10.2. The minimum atomic E-state index is -1.36. The van der Waals surface area contributed by atoms with Gasteiger partial charge in [-0.1, -0.05) is 0 Å². The molecule has 9 atom stereocenters. The molecule has 9 heteroatoms. The number of nitrogens with one attached hydrogen (secondary N) is 2. The minimum Gasteiger partial charge on any atom is -0.388 e. The zero-order valence-corrected chi connectivity index (χ0v) is 18.1. The van der Waals surface area contributed by atoms with E-state index < -0.39 is 41.9 Å². The van der Waals surface area contributed by atoms with Gasteiger partial charge in [0.05, 0.1) is 23.6 Å². The molecule has 1 amide bonds. The lowest BCUT2D eigenvalue weighted by Crippen LogP contribution is -2.65. The lowest BCUT2D eigenvalue weighted by Gasteiger charge is -2.43. The maximum absolute atomic E-state index is 12.9. The standard InChI is InChI=1S/C19H34Cl2N2O5/c1-10(21)14(18-17(26)16(25)15(24)11(2)28-18)23-19(27)13-6-5-12(4-3-8-20)7-9-22-13/h10-18,22,24-26H,3-9H2,1-2H3,(H,23,27)/t10-,11+,12-,13-,14+,15-,16+,17+,18+/m0/s1. The molecule has 0 spiro atoms. The van der Waals surface area contributed by atoms with Gasteiger partial charge in [-0.3, -0.25) is 4.79 Å². The molecule has 2 fully saturated rings. The Morgan fingerprint density at radius 2 is 1.93 bits per heavy atom. The van der Waals surface area contributed by atoms with Gasteiger partial charge in [0.2, 0.25) is 5.91 Å². The predicted octanol–water partition coefficient (Wildman–Crippen LogP) is 0.746. The van der Waals surface area contributed by atoms with Crippen molar-refractivity contribution in [3.63, 3.8) is 0 Å². The maximum Gasteiger partial charge on any atom is 0.237 e. The van der Waals surface area contributed by atoms with E-state index in [1.54, 1.807) is 13.8 Å². The number of aliphatic hydroxyl groups excluding tert-OH is 3. The van der Waals surface area contributed by atoms with Crippen molar-refractivity contribution >= 4 is 29.1 Å². The van der Waals surface area contributed by atoms with Gasteiger partial charge >= 0.3 is 0 Å². The van der Waals surface area contributed by atoms with Crippen LogP contribution in [0.1, 0.15) is 46.0 Å². The molecule has 2 aliphatic rings. The number of rotatable bonds is 7. The van der Waals surface area contributed by atoms with Crippen LogP contribution in [-0.4, -0.2) is 81.6 Å². The van der Waals surface area contributed by atoms with E-state index in [0.29, 0.717) is 18.2 Å². The monoisotopic (exact) mass is 440 g/mol. The average molecular weight is 441 g/mol. The summed E-state index contributed by atoms with van der Waals surface area (Å²) in [6.45, 7) is 4.07. The summed E-state index contributed by atoms with van der Waals surface area (Å²) < 4.78 is 5.69. The van der Waals surface area contributed by atoms with Gasteiger partial charge in [0, 0.05) is 5.88 Å². The smallest absolute Gasteiger partial charge is 0.237 e. The second kappa shape index (κ2) is 11.3. The maximum atomic E-state index is 12.9. The van der Waals surface area contributed by atoms with Gasteiger partial charge < -0.3 is 30.7 Å². The molecule has 0 aromatic heterocycles. The summed E-state index contributed by atoms with van der Waals surface area (Å²) in [5.41, 5.74) is 0. The van der Waals surface area contributed by atoms with Crippen LogP contribution in [0.3, 0.4) is 0 Å². The quantitative estimate of drug-likeness (QED) is 0.373. The summed E-state index contributed by atoms with van der Waals surface area (Å²) >= 11 is 12.1. The van der Waals surface area contributed by atoms with Crippen LogP contribution in [0.5, 0.6) is 0 Å². The van der Waals surface area contributed by atoms with Crippen molar-refractivity contribution < 1.29 is 24.9 Å². The lowest BCUT2D eigenvalue weighted by molar-refractivity contribution is -0.223. The molecule has 164 valence electrons.